The van der Waals surface area contributed by atoms with E-state index >= 15 is 0 Å². The number of hydrogen-bond acceptors (Lipinski definition) is 5. The second-order valence-electron chi connectivity index (χ2n) is 3.46. The monoisotopic (exact) mass is 271 g/mol. The van der Waals surface area contributed by atoms with Crippen LogP contribution in [0.1, 0.15) is 6.92 Å². The zero-order valence-electron chi connectivity index (χ0n) is 9.45. The molecule has 0 amide bonds. The lowest BCUT2D eigenvalue weighted by Crippen LogP contribution is -2.00. The minimum atomic E-state index is -4.99. The first-order valence-corrected chi connectivity index (χ1v) is 6.43. The molecule has 18 heavy (non-hydrogen) atoms. The third kappa shape index (κ3) is 3.04. The molecule has 1 aromatic heterocycles. The number of hydrogen-bond donors (Lipinski definition) is 0. The van der Waals surface area contributed by atoms with Crippen molar-refractivity contribution in [2.45, 2.75) is 13.5 Å². The first-order chi connectivity index (χ1) is 8.48. The van der Waals surface area contributed by atoms with Crippen molar-refractivity contribution in [1.82, 2.24) is 15.0 Å². The van der Waals surface area contributed by atoms with E-state index in [0.717, 1.165) is 5.56 Å². The van der Waals surface area contributed by atoms with Crippen LogP contribution in [0.2, 0.25) is 0 Å². The fourth-order valence-corrected chi connectivity index (χ4v) is 1.72. The molecule has 0 spiro atoms. The Balaban J connectivity index is 2.22. The predicted molar refractivity (Wildman–Crippen MR) is 61.8 cm³/mol. The fraction of sp³-hybridized carbons (Fsp3) is 0.200. The summed E-state index contributed by atoms with van der Waals surface area (Å²) >= 11 is 0. The molecule has 6 nitrogen and oxygen atoms in total. The summed E-state index contributed by atoms with van der Waals surface area (Å²) < 4.78 is 38.6. The van der Waals surface area contributed by atoms with E-state index in [1.54, 1.807) is 23.0 Å². The van der Waals surface area contributed by atoms with Crippen LogP contribution in [0.4, 0.5) is 3.89 Å². The zero-order valence-corrected chi connectivity index (χ0v) is 10.3. The molecule has 0 unspecified atom stereocenters. The van der Waals surface area contributed by atoms with Gasteiger partial charge < -0.3 is 4.18 Å². The van der Waals surface area contributed by atoms with Crippen molar-refractivity contribution in [2.75, 3.05) is 0 Å². The molecule has 0 atom stereocenters. The van der Waals surface area contributed by atoms with E-state index in [1.807, 2.05) is 6.92 Å². The Labute approximate surface area is 103 Å². The second-order valence-corrected chi connectivity index (χ2v) is 4.41. The molecule has 2 aromatic rings. The molecule has 96 valence electrons. The summed E-state index contributed by atoms with van der Waals surface area (Å²) in [4.78, 5) is 0. The summed E-state index contributed by atoms with van der Waals surface area (Å²) in [5.41, 5.74) is 1.38. The molecule has 0 radical (unpaired) electrons. The van der Waals surface area contributed by atoms with E-state index < -0.39 is 10.5 Å². The van der Waals surface area contributed by atoms with Crippen LogP contribution in [-0.4, -0.2) is 23.4 Å². The van der Waals surface area contributed by atoms with Crippen molar-refractivity contribution < 1.29 is 16.5 Å². The normalized spacial score (nSPS) is 11.4. The molecule has 1 heterocycles. The van der Waals surface area contributed by atoms with Gasteiger partial charge in [0.2, 0.25) is 0 Å². The molecule has 0 aliphatic carbocycles. The van der Waals surface area contributed by atoms with Gasteiger partial charge in [-0.1, -0.05) is 9.10 Å². The minimum absolute atomic E-state index is 0.0934. The van der Waals surface area contributed by atoms with E-state index in [0.29, 0.717) is 12.2 Å². The summed E-state index contributed by atoms with van der Waals surface area (Å²) in [5, 5.41) is 7.81. The molecule has 0 saturated heterocycles. The minimum Gasteiger partial charge on any atom is -0.358 e. The predicted octanol–water partition coefficient (Wildman–Crippen LogP) is 1.56. The average molecular weight is 271 g/mol. The Kier molecular flexibility index (Phi) is 3.28. The second kappa shape index (κ2) is 4.73. The Morgan fingerprint density at radius 2 is 2.00 bits per heavy atom. The highest BCUT2D eigenvalue weighted by Gasteiger charge is 2.10. The quantitative estimate of drug-likeness (QED) is 0.789. The Morgan fingerprint density at radius 1 is 1.33 bits per heavy atom. The lowest BCUT2D eigenvalue weighted by molar-refractivity contribution is 0.440. The highest BCUT2D eigenvalue weighted by atomic mass is 32.3. The molecule has 0 bridgehead atoms. The van der Waals surface area contributed by atoms with Gasteiger partial charge in [0.1, 0.15) is 11.4 Å². The van der Waals surface area contributed by atoms with Gasteiger partial charge in [-0.05, 0) is 31.2 Å². The Bertz CT molecular complexity index is 637. The van der Waals surface area contributed by atoms with E-state index in [2.05, 4.69) is 14.5 Å². The van der Waals surface area contributed by atoms with Crippen LogP contribution < -0.4 is 4.18 Å². The van der Waals surface area contributed by atoms with Crippen LogP contribution in [0.5, 0.6) is 5.75 Å². The van der Waals surface area contributed by atoms with Gasteiger partial charge in [-0.15, -0.1) is 5.10 Å². The van der Waals surface area contributed by atoms with Crippen LogP contribution in [-0.2, 0) is 17.0 Å². The van der Waals surface area contributed by atoms with Crippen LogP contribution >= 0.6 is 0 Å². The van der Waals surface area contributed by atoms with E-state index in [-0.39, 0.29) is 5.75 Å². The van der Waals surface area contributed by atoms with Crippen LogP contribution in [0.3, 0.4) is 0 Å². The molecule has 1 aromatic carbocycles. The molecule has 8 heteroatoms. The SMILES string of the molecule is CCn1cc(-c2ccc(OS(=O)(=O)F)cc2)nn1. The van der Waals surface area contributed by atoms with Crippen molar-refractivity contribution in [3.63, 3.8) is 0 Å². The standard InChI is InChI=1S/C10H10FN3O3S/c1-2-14-7-10(12-13-14)8-3-5-9(6-4-8)17-18(11,15)16/h3-7H,2H2,1H3. The van der Waals surface area contributed by atoms with Crippen molar-refractivity contribution in [3.8, 4) is 17.0 Å². The molecule has 0 N–H and O–H groups in total. The van der Waals surface area contributed by atoms with Crippen molar-refractivity contribution >= 4 is 10.5 Å². The summed E-state index contributed by atoms with van der Waals surface area (Å²) in [7, 11) is -4.99. The third-order valence-corrected chi connectivity index (χ3v) is 2.60. The maximum absolute atomic E-state index is 12.3. The van der Waals surface area contributed by atoms with Gasteiger partial charge in [-0.3, -0.25) is 4.68 Å². The number of aryl methyl sites for hydroxylation is 1. The molecule has 0 saturated carbocycles. The van der Waals surface area contributed by atoms with E-state index in [4.69, 9.17) is 0 Å². The van der Waals surface area contributed by atoms with Gasteiger partial charge in [-0.2, -0.15) is 8.42 Å². The maximum Gasteiger partial charge on any atom is 0.488 e. The van der Waals surface area contributed by atoms with Crippen LogP contribution in [0.15, 0.2) is 30.5 Å². The number of aromatic nitrogens is 3. The highest BCUT2D eigenvalue weighted by Crippen LogP contribution is 2.21. The van der Waals surface area contributed by atoms with Gasteiger partial charge in [0.15, 0.2) is 0 Å². The zero-order chi connectivity index (χ0) is 13.2. The first-order valence-electron chi connectivity index (χ1n) is 5.12. The maximum atomic E-state index is 12.3. The fourth-order valence-electron chi connectivity index (χ4n) is 1.38. The lowest BCUT2D eigenvalue weighted by Gasteiger charge is -2.00. The molecule has 0 aliphatic heterocycles. The van der Waals surface area contributed by atoms with E-state index in [9.17, 15) is 12.3 Å². The Hall–Kier alpha value is -1.96. The summed E-state index contributed by atoms with van der Waals surface area (Å²) in [6, 6.07) is 5.84. The smallest absolute Gasteiger partial charge is 0.358 e. The molecule has 0 fully saturated rings. The van der Waals surface area contributed by atoms with E-state index in [1.165, 1.54) is 12.1 Å². The van der Waals surface area contributed by atoms with Crippen LogP contribution in [0, 0.1) is 0 Å². The summed E-state index contributed by atoms with van der Waals surface area (Å²) in [5.74, 6) is -0.0934. The number of rotatable bonds is 4. The lowest BCUT2D eigenvalue weighted by atomic mass is 10.2. The summed E-state index contributed by atoms with van der Waals surface area (Å²) in [6.07, 6.45) is 1.75. The largest absolute Gasteiger partial charge is 0.488 e. The average Bonchev–Trinajstić information content (AvgIpc) is 2.76. The summed E-state index contributed by atoms with van der Waals surface area (Å²) in [6.45, 7) is 2.63. The van der Waals surface area contributed by atoms with Gasteiger partial charge in [0, 0.05) is 12.1 Å². The van der Waals surface area contributed by atoms with Gasteiger partial charge in [-0.25, -0.2) is 0 Å². The molecule has 2 rings (SSSR count). The van der Waals surface area contributed by atoms with Gasteiger partial charge >= 0.3 is 10.5 Å². The number of halogens is 1. The first kappa shape index (κ1) is 12.5. The van der Waals surface area contributed by atoms with Crippen molar-refractivity contribution in [3.05, 3.63) is 30.5 Å². The topological polar surface area (TPSA) is 74.1 Å². The molecular weight excluding hydrogens is 261 g/mol. The number of nitrogens with zero attached hydrogens (tertiary/aromatic N) is 3. The van der Waals surface area contributed by atoms with Crippen molar-refractivity contribution in [2.24, 2.45) is 0 Å². The molecule has 0 aliphatic rings. The van der Waals surface area contributed by atoms with Crippen molar-refractivity contribution in [1.29, 1.82) is 0 Å². The number of benzene rings is 1. The third-order valence-electron chi connectivity index (χ3n) is 2.21. The van der Waals surface area contributed by atoms with Gasteiger partial charge in [0.25, 0.3) is 0 Å². The van der Waals surface area contributed by atoms with Gasteiger partial charge in [0.05, 0.1) is 6.20 Å². The Morgan fingerprint density at radius 3 is 2.50 bits per heavy atom. The highest BCUT2D eigenvalue weighted by molar-refractivity contribution is 7.81. The molecular formula is C10H10FN3O3S. The van der Waals surface area contributed by atoms with Crippen LogP contribution in [0.25, 0.3) is 11.3 Å².